The predicted molar refractivity (Wildman–Crippen MR) is 77.0 cm³/mol. The van der Waals surface area contributed by atoms with Crippen molar-refractivity contribution in [2.75, 3.05) is 19.6 Å². The number of rotatable bonds is 7. The molecule has 1 aliphatic heterocycles. The van der Waals surface area contributed by atoms with E-state index in [1.54, 1.807) is 8.61 Å². The van der Waals surface area contributed by atoms with Gasteiger partial charge >= 0.3 is 0 Å². The monoisotopic (exact) mass is 289 g/mol. The lowest BCUT2D eigenvalue weighted by molar-refractivity contribution is 0.232. The normalized spacial score (nSPS) is 25.9. The summed E-state index contributed by atoms with van der Waals surface area (Å²) in [5, 5.41) is 0. The second kappa shape index (κ2) is 6.52. The quantitative estimate of drug-likeness (QED) is 0.768. The molecule has 1 saturated carbocycles. The maximum absolute atomic E-state index is 12.8. The first-order valence-electron chi connectivity index (χ1n) is 7.60. The van der Waals surface area contributed by atoms with E-state index in [-0.39, 0.29) is 12.1 Å². The molecular formula is C13H27N3O2S. The minimum absolute atomic E-state index is 0.00151. The Morgan fingerprint density at radius 1 is 1.26 bits per heavy atom. The van der Waals surface area contributed by atoms with Crippen LogP contribution >= 0.6 is 0 Å². The van der Waals surface area contributed by atoms with Crippen LogP contribution in [0.2, 0.25) is 0 Å². The van der Waals surface area contributed by atoms with Gasteiger partial charge in [0.05, 0.1) is 0 Å². The molecule has 0 amide bonds. The van der Waals surface area contributed by atoms with Crippen LogP contribution in [0.3, 0.4) is 0 Å². The van der Waals surface area contributed by atoms with Crippen LogP contribution in [0.15, 0.2) is 0 Å². The molecule has 2 rings (SSSR count). The topological polar surface area (TPSA) is 66.6 Å². The van der Waals surface area contributed by atoms with Crippen molar-refractivity contribution in [3.63, 3.8) is 0 Å². The summed E-state index contributed by atoms with van der Waals surface area (Å²) in [5.74, 6) is 0. The molecule has 1 saturated heterocycles. The van der Waals surface area contributed by atoms with Crippen LogP contribution in [-0.2, 0) is 10.2 Å². The molecule has 1 atom stereocenters. The second-order valence-corrected chi connectivity index (χ2v) is 7.53. The fourth-order valence-electron chi connectivity index (χ4n) is 2.81. The standard InChI is InChI=1S/C13H27N3O2S/c1-2-3-9-15(12-7-8-12)19(17,18)16-10-5-4-6-13(16)11-14/h12-13H,2-11,14H2,1H3. The van der Waals surface area contributed by atoms with E-state index >= 15 is 0 Å². The van der Waals surface area contributed by atoms with E-state index < -0.39 is 10.2 Å². The highest BCUT2D eigenvalue weighted by Gasteiger charge is 2.42. The fourth-order valence-corrected chi connectivity index (χ4v) is 4.96. The van der Waals surface area contributed by atoms with Gasteiger partial charge in [-0.15, -0.1) is 0 Å². The first-order valence-corrected chi connectivity index (χ1v) is 8.99. The summed E-state index contributed by atoms with van der Waals surface area (Å²) < 4.78 is 29.1. The third-order valence-corrected chi connectivity index (χ3v) is 6.27. The van der Waals surface area contributed by atoms with Crippen molar-refractivity contribution in [2.24, 2.45) is 5.73 Å². The average molecular weight is 289 g/mol. The summed E-state index contributed by atoms with van der Waals surface area (Å²) in [6.07, 6.45) is 6.96. The fraction of sp³-hybridized carbons (Fsp3) is 1.00. The van der Waals surface area contributed by atoms with Gasteiger partial charge in [-0.1, -0.05) is 19.8 Å². The highest BCUT2D eigenvalue weighted by Crippen LogP contribution is 2.32. The van der Waals surface area contributed by atoms with Gasteiger partial charge in [0.15, 0.2) is 0 Å². The molecule has 19 heavy (non-hydrogen) atoms. The van der Waals surface area contributed by atoms with E-state index in [0.29, 0.717) is 19.6 Å². The van der Waals surface area contributed by atoms with E-state index in [0.717, 1.165) is 44.9 Å². The number of nitrogens with two attached hydrogens (primary N) is 1. The van der Waals surface area contributed by atoms with Crippen LogP contribution in [0.25, 0.3) is 0 Å². The number of nitrogens with zero attached hydrogens (tertiary/aromatic N) is 2. The van der Waals surface area contributed by atoms with Crippen LogP contribution in [0.1, 0.15) is 51.9 Å². The van der Waals surface area contributed by atoms with Crippen LogP contribution in [0, 0.1) is 0 Å². The number of unbranched alkanes of at least 4 members (excludes halogenated alkanes) is 1. The Morgan fingerprint density at radius 2 is 2.00 bits per heavy atom. The Kier molecular flexibility index (Phi) is 5.22. The van der Waals surface area contributed by atoms with Gasteiger partial charge in [0.2, 0.25) is 0 Å². The molecule has 1 heterocycles. The van der Waals surface area contributed by atoms with Crippen molar-refractivity contribution in [3.05, 3.63) is 0 Å². The van der Waals surface area contributed by atoms with Gasteiger partial charge in [-0.05, 0) is 32.1 Å². The van der Waals surface area contributed by atoms with E-state index in [1.807, 2.05) is 0 Å². The van der Waals surface area contributed by atoms with Crippen LogP contribution < -0.4 is 5.73 Å². The van der Waals surface area contributed by atoms with Crippen molar-refractivity contribution in [1.29, 1.82) is 0 Å². The average Bonchev–Trinajstić information content (AvgIpc) is 3.23. The molecule has 2 N–H and O–H groups in total. The van der Waals surface area contributed by atoms with Crippen molar-refractivity contribution in [2.45, 2.75) is 64.0 Å². The van der Waals surface area contributed by atoms with E-state index in [4.69, 9.17) is 5.73 Å². The van der Waals surface area contributed by atoms with Crippen molar-refractivity contribution < 1.29 is 8.42 Å². The summed E-state index contributed by atoms with van der Waals surface area (Å²) in [6, 6.07) is 0.249. The number of hydrogen-bond donors (Lipinski definition) is 1. The van der Waals surface area contributed by atoms with Crippen molar-refractivity contribution >= 4 is 10.2 Å². The predicted octanol–water partition coefficient (Wildman–Crippen LogP) is 1.31. The smallest absolute Gasteiger partial charge is 0.282 e. The lowest BCUT2D eigenvalue weighted by atomic mass is 10.1. The molecule has 0 radical (unpaired) electrons. The Morgan fingerprint density at radius 3 is 2.58 bits per heavy atom. The van der Waals surface area contributed by atoms with Crippen LogP contribution in [0.5, 0.6) is 0 Å². The third kappa shape index (κ3) is 3.48. The lowest BCUT2D eigenvalue weighted by Crippen LogP contribution is -2.53. The van der Waals surface area contributed by atoms with Gasteiger partial charge in [0.25, 0.3) is 10.2 Å². The molecule has 6 heteroatoms. The third-order valence-electron chi connectivity index (χ3n) is 4.12. The minimum atomic E-state index is -3.31. The molecule has 0 spiro atoms. The van der Waals surface area contributed by atoms with Crippen LogP contribution in [0.4, 0.5) is 0 Å². The van der Waals surface area contributed by atoms with E-state index in [2.05, 4.69) is 6.92 Å². The summed E-state index contributed by atoms with van der Waals surface area (Å²) in [4.78, 5) is 0. The largest absolute Gasteiger partial charge is 0.329 e. The summed E-state index contributed by atoms with van der Waals surface area (Å²) in [6.45, 7) is 3.84. The van der Waals surface area contributed by atoms with Crippen LogP contribution in [-0.4, -0.2) is 48.7 Å². The lowest BCUT2D eigenvalue weighted by Gasteiger charge is -2.37. The molecule has 0 bridgehead atoms. The van der Waals surface area contributed by atoms with Crippen molar-refractivity contribution in [1.82, 2.24) is 8.61 Å². The van der Waals surface area contributed by atoms with Gasteiger partial charge < -0.3 is 5.73 Å². The minimum Gasteiger partial charge on any atom is -0.329 e. The zero-order valence-electron chi connectivity index (χ0n) is 11.9. The van der Waals surface area contributed by atoms with Gasteiger partial charge in [-0.3, -0.25) is 0 Å². The maximum atomic E-state index is 12.8. The molecular weight excluding hydrogens is 262 g/mol. The molecule has 1 unspecified atom stereocenters. The molecule has 112 valence electrons. The van der Waals surface area contributed by atoms with Gasteiger partial charge in [-0.25, -0.2) is 0 Å². The Hall–Kier alpha value is -0.170. The Balaban J connectivity index is 2.12. The SMILES string of the molecule is CCCCN(C1CC1)S(=O)(=O)N1CCCCC1CN. The molecule has 2 aliphatic rings. The van der Waals surface area contributed by atoms with E-state index in [1.165, 1.54) is 0 Å². The Bertz CT molecular complexity index is 381. The second-order valence-electron chi connectivity index (χ2n) is 5.70. The van der Waals surface area contributed by atoms with Gasteiger partial charge in [-0.2, -0.15) is 17.0 Å². The van der Waals surface area contributed by atoms with Gasteiger partial charge in [0.1, 0.15) is 0 Å². The molecule has 1 aliphatic carbocycles. The summed E-state index contributed by atoms with van der Waals surface area (Å²) in [5.41, 5.74) is 5.76. The Labute approximate surface area is 117 Å². The molecule has 0 aromatic rings. The van der Waals surface area contributed by atoms with Crippen molar-refractivity contribution in [3.8, 4) is 0 Å². The summed E-state index contributed by atoms with van der Waals surface area (Å²) >= 11 is 0. The zero-order valence-corrected chi connectivity index (χ0v) is 12.7. The van der Waals surface area contributed by atoms with Gasteiger partial charge in [0, 0.05) is 31.7 Å². The zero-order chi connectivity index (χ0) is 13.9. The first-order chi connectivity index (χ1) is 9.11. The maximum Gasteiger partial charge on any atom is 0.282 e. The highest BCUT2D eigenvalue weighted by molar-refractivity contribution is 7.86. The summed E-state index contributed by atoms with van der Waals surface area (Å²) in [7, 11) is -3.31. The number of hydrogen-bond acceptors (Lipinski definition) is 3. The van der Waals surface area contributed by atoms with E-state index in [9.17, 15) is 8.42 Å². The first kappa shape index (κ1) is 15.2. The molecule has 5 nitrogen and oxygen atoms in total. The highest BCUT2D eigenvalue weighted by atomic mass is 32.2. The molecule has 2 fully saturated rings. The molecule has 0 aromatic heterocycles. The molecule has 0 aromatic carbocycles. The number of piperidine rings is 1.